The summed E-state index contributed by atoms with van der Waals surface area (Å²) >= 11 is 0. The Morgan fingerprint density at radius 2 is 1.44 bits per heavy atom. The third-order valence-corrected chi connectivity index (χ3v) is 6.00. The molecule has 0 atom stereocenters. The largest absolute Gasteiger partial charge is 0.342 e. The molecule has 2 N–H and O–H groups in total. The van der Waals surface area contributed by atoms with Crippen LogP contribution in [0.4, 0.5) is 0 Å². The number of piperidine rings is 2. The first-order valence-electron chi connectivity index (χ1n) is 9.95. The molecular formula is C22H27N3O2. The molecule has 142 valence electrons. The maximum Gasteiger partial charge on any atom is 0.254 e. The third-order valence-electron chi connectivity index (χ3n) is 6.00. The van der Waals surface area contributed by atoms with Gasteiger partial charge in [-0.2, -0.15) is 0 Å². The van der Waals surface area contributed by atoms with Crippen LogP contribution in [0.5, 0.6) is 0 Å². The predicted octanol–water partition coefficient (Wildman–Crippen LogP) is 2.64. The van der Waals surface area contributed by atoms with Crippen LogP contribution in [0, 0.1) is 5.92 Å². The number of rotatable bonds is 2. The van der Waals surface area contributed by atoms with Crippen molar-refractivity contribution in [2.75, 3.05) is 26.2 Å². The number of hydrogen-bond donors (Lipinski definition) is 1. The Morgan fingerprint density at radius 3 is 2.19 bits per heavy atom. The van der Waals surface area contributed by atoms with Gasteiger partial charge in [-0.1, -0.05) is 36.4 Å². The summed E-state index contributed by atoms with van der Waals surface area (Å²) in [6, 6.07) is 14.1. The fraction of sp³-hybridized carbons (Fsp3) is 0.455. The van der Waals surface area contributed by atoms with Gasteiger partial charge in [-0.3, -0.25) is 9.59 Å². The second-order valence-corrected chi connectivity index (χ2v) is 7.76. The van der Waals surface area contributed by atoms with Crippen LogP contribution >= 0.6 is 0 Å². The van der Waals surface area contributed by atoms with E-state index in [-0.39, 0.29) is 23.8 Å². The highest BCUT2D eigenvalue weighted by molar-refractivity contribution is 6.07. The average Bonchev–Trinajstić information content (AvgIpc) is 2.73. The maximum atomic E-state index is 13.0. The molecule has 0 aromatic heterocycles. The van der Waals surface area contributed by atoms with Crippen LogP contribution in [0.3, 0.4) is 0 Å². The van der Waals surface area contributed by atoms with Crippen molar-refractivity contribution >= 4 is 22.6 Å². The van der Waals surface area contributed by atoms with Crippen molar-refractivity contribution in [1.82, 2.24) is 9.80 Å². The van der Waals surface area contributed by atoms with Crippen LogP contribution in [0.1, 0.15) is 36.0 Å². The number of carbonyl (C=O) groups is 2. The standard InChI is InChI=1S/C22H27N3O2/c23-18-10-14-24(15-11-18)21(26)17-8-12-25(13-9-17)22(27)20-7-3-5-16-4-1-2-6-19(16)20/h1-7,17-18H,8-15,23H2. The summed E-state index contributed by atoms with van der Waals surface area (Å²) in [6.07, 6.45) is 3.28. The average molecular weight is 365 g/mol. The quantitative estimate of drug-likeness (QED) is 0.890. The number of nitrogens with two attached hydrogens (primary N) is 1. The van der Waals surface area contributed by atoms with Gasteiger partial charge in [0, 0.05) is 43.7 Å². The molecule has 5 nitrogen and oxygen atoms in total. The fourth-order valence-electron chi connectivity index (χ4n) is 4.29. The predicted molar refractivity (Wildman–Crippen MR) is 106 cm³/mol. The molecule has 0 bridgehead atoms. The Balaban J connectivity index is 1.40. The summed E-state index contributed by atoms with van der Waals surface area (Å²) in [5, 5.41) is 2.07. The lowest BCUT2D eigenvalue weighted by atomic mass is 9.93. The Kier molecular flexibility index (Phi) is 5.12. The van der Waals surface area contributed by atoms with E-state index in [0.717, 1.165) is 55.1 Å². The topological polar surface area (TPSA) is 66.6 Å². The lowest BCUT2D eigenvalue weighted by Gasteiger charge is -2.36. The van der Waals surface area contributed by atoms with Crippen LogP contribution in [-0.4, -0.2) is 53.8 Å². The highest BCUT2D eigenvalue weighted by Crippen LogP contribution is 2.25. The number of nitrogens with zero attached hydrogens (tertiary/aromatic N) is 2. The van der Waals surface area contributed by atoms with E-state index in [4.69, 9.17) is 5.73 Å². The van der Waals surface area contributed by atoms with Crippen molar-refractivity contribution in [3.8, 4) is 0 Å². The lowest BCUT2D eigenvalue weighted by molar-refractivity contribution is -0.138. The smallest absolute Gasteiger partial charge is 0.254 e. The van der Waals surface area contributed by atoms with Gasteiger partial charge in [-0.15, -0.1) is 0 Å². The zero-order valence-electron chi connectivity index (χ0n) is 15.6. The SMILES string of the molecule is NC1CCN(C(=O)C2CCN(C(=O)c3cccc4ccccc34)CC2)CC1. The van der Waals surface area contributed by atoms with Gasteiger partial charge in [-0.05, 0) is 42.5 Å². The van der Waals surface area contributed by atoms with Crippen molar-refractivity contribution in [2.24, 2.45) is 11.7 Å². The molecule has 2 fully saturated rings. The molecule has 2 heterocycles. The Hall–Kier alpha value is -2.40. The minimum absolute atomic E-state index is 0.0379. The Morgan fingerprint density at radius 1 is 0.815 bits per heavy atom. The van der Waals surface area contributed by atoms with E-state index in [2.05, 4.69) is 0 Å². The van der Waals surface area contributed by atoms with Gasteiger partial charge in [0.25, 0.3) is 5.91 Å². The maximum absolute atomic E-state index is 13.0. The molecule has 4 rings (SSSR count). The summed E-state index contributed by atoms with van der Waals surface area (Å²) in [6.45, 7) is 2.84. The molecule has 0 spiro atoms. The minimum atomic E-state index is 0.0379. The van der Waals surface area contributed by atoms with E-state index in [1.54, 1.807) is 0 Å². The summed E-state index contributed by atoms with van der Waals surface area (Å²) in [5.74, 6) is 0.358. The number of hydrogen-bond acceptors (Lipinski definition) is 3. The summed E-state index contributed by atoms with van der Waals surface area (Å²) in [5.41, 5.74) is 6.69. The first kappa shape index (κ1) is 18.0. The molecule has 2 aliphatic rings. The zero-order chi connectivity index (χ0) is 18.8. The zero-order valence-corrected chi connectivity index (χ0v) is 15.6. The number of amides is 2. The molecule has 2 amide bonds. The minimum Gasteiger partial charge on any atom is -0.342 e. The number of fused-ring (bicyclic) bond motifs is 1. The van der Waals surface area contributed by atoms with Crippen LogP contribution in [0.25, 0.3) is 10.8 Å². The molecule has 0 saturated carbocycles. The van der Waals surface area contributed by atoms with Gasteiger partial charge in [0.05, 0.1) is 0 Å². The Bertz CT molecular complexity index is 829. The summed E-state index contributed by atoms with van der Waals surface area (Å²) < 4.78 is 0. The highest BCUT2D eigenvalue weighted by Gasteiger charge is 2.32. The van der Waals surface area contributed by atoms with Gasteiger partial charge < -0.3 is 15.5 Å². The van der Waals surface area contributed by atoms with E-state index < -0.39 is 0 Å². The third kappa shape index (κ3) is 3.69. The molecule has 0 aliphatic carbocycles. The van der Waals surface area contributed by atoms with Crippen LogP contribution < -0.4 is 5.73 Å². The number of benzene rings is 2. The molecule has 5 heteroatoms. The fourth-order valence-corrected chi connectivity index (χ4v) is 4.29. The number of likely N-dealkylation sites (tertiary alicyclic amines) is 2. The van der Waals surface area contributed by atoms with Crippen molar-refractivity contribution in [1.29, 1.82) is 0 Å². The number of carbonyl (C=O) groups excluding carboxylic acids is 2. The molecule has 0 radical (unpaired) electrons. The molecule has 27 heavy (non-hydrogen) atoms. The lowest BCUT2D eigenvalue weighted by Crippen LogP contribution is -2.48. The van der Waals surface area contributed by atoms with Gasteiger partial charge in [0.1, 0.15) is 0 Å². The van der Waals surface area contributed by atoms with Crippen molar-refractivity contribution in [2.45, 2.75) is 31.7 Å². The van der Waals surface area contributed by atoms with Crippen molar-refractivity contribution in [3.05, 3.63) is 48.0 Å². The van der Waals surface area contributed by atoms with Gasteiger partial charge in [0.2, 0.25) is 5.91 Å². The van der Waals surface area contributed by atoms with E-state index in [0.29, 0.717) is 13.1 Å². The molecule has 2 aromatic carbocycles. The van der Waals surface area contributed by atoms with Crippen LogP contribution in [-0.2, 0) is 4.79 Å². The molecule has 0 unspecified atom stereocenters. The van der Waals surface area contributed by atoms with Gasteiger partial charge >= 0.3 is 0 Å². The van der Waals surface area contributed by atoms with Crippen molar-refractivity contribution in [3.63, 3.8) is 0 Å². The van der Waals surface area contributed by atoms with E-state index >= 15 is 0 Å². The van der Waals surface area contributed by atoms with Gasteiger partial charge in [-0.25, -0.2) is 0 Å². The van der Waals surface area contributed by atoms with Crippen LogP contribution in [0.2, 0.25) is 0 Å². The van der Waals surface area contributed by atoms with E-state index in [1.165, 1.54) is 0 Å². The van der Waals surface area contributed by atoms with Gasteiger partial charge in [0.15, 0.2) is 0 Å². The van der Waals surface area contributed by atoms with E-state index in [1.807, 2.05) is 52.3 Å². The summed E-state index contributed by atoms with van der Waals surface area (Å²) in [4.78, 5) is 29.7. The van der Waals surface area contributed by atoms with Crippen molar-refractivity contribution < 1.29 is 9.59 Å². The van der Waals surface area contributed by atoms with Crippen LogP contribution in [0.15, 0.2) is 42.5 Å². The summed E-state index contributed by atoms with van der Waals surface area (Å²) in [7, 11) is 0. The highest BCUT2D eigenvalue weighted by atomic mass is 16.2. The van der Waals surface area contributed by atoms with E-state index in [9.17, 15) is 9.59 Å². The second-order valence-electron chi connectivity index (χ2n) is 7.76. The molecule has 2 saturated heterocycles. The monoisotopic (exact) mass is 365 g/mol. The molecule has 2 aromatic rings. The molecular weight excluding hydrogens is 338 g/mol. The first-order valence-corrected chi connectivity index (χ1v) is 9.95. The first-order chi connectivity index (χ1) is 13.1. The second kappa shape index (κ2) is 7.69. The normalized spacial score (nSPS) is 19.4. The Labute approximate surface area is 160 Å². The molecule has 2 aliphatic heterocycles.